The first-order valence-corrected chi connectivity index (χ1v) is 8.07. The van der Waals surface area contributed by atoms with Gasteiger partial charge in [0, 0.05) is 23.7 Å². The third-order valence-electron chi connectivity index (χ3n) is 3.02. The molecule has 2 N–H and O–H groups in total. The van der Waals surface area contributed by atoms with Crippen molar-refractivity contribution in [2.24, 2.45) is 4.99 Å². The van der Waals surface area contributed by atoms with E-state index in [9.17, 15) is 10.1 Å². The Morgan fingerprint density at radius 3 is 2.83 bits per heavy atom. The summed E-state index contributed by atoms with van der Waals surface area (Å²) in [4.78, 5) is 20.5. The van der Waals surface area contributed by atoms with Crippen LogP contribution in [0.1, 0.15) is 22.4 Å². The summed E-state index contributed by atoms with van der Waals surface area (Å²) in [6.45, 7) is 5.49. The van der Waals surface area contributed by atoms with E-state index in [2.05, 4.69) is 20.6 Å². The molecule has 0 aliphatic heterocycles. The molecule has 1 aromatic carbocycles. The second kappa shape index (κ2) is 8.23. The fourth-order valence-corrected chi connectivity index (χ4v) is 2.70. The van der Waals surface area contributed by atoms with Gasteiger partial charge in [-0.25, -0.2) is 9.98 Å². The zero-order valence-corrected chi connectivity index (χ0v) is 13.9. The number of rotatable bonds is 6. The van der Waals surface area contributed by atoms with Gasteiger partial charge in [-0.3, -0.25) is 10.1 Å². The lowest BCUT2D eigenvalue weighted by atomic mass is 10.2. The van der Waals surface area contributed by atoms with Gasteiger partial charge in [0.2, 0.25) is 0 Å². The van der Waals surface area contributed by atoms with Gasteiger partial charge in [0.05, 0.1) is 23.6 Å². The molecule has 0 aliphatic rings. The van der Waals surface area contributed by atoms with Gasteiger partial charge in [0.25, 0.3) is 5.69 Å². The Hall–Kier alpha value is -2.48. The van der Waals surface area contributed by atoms with E-state index >= 15 is 0 Å². The Morgan fingerprint density at radius 1 is 1.39 bits per heavy atom. The second-order valence-corrected chi connectivity index (χ2v) is 6.12. The number of nitrogens with one attached hydrogen (secondary N) is 2. The minimum absolute atomic E-state index is 0.0858. The van der Waals surface area contributed by atoms with Crippen molar-refractivity contribution in [3.8, 4) is 0 Å². The van der Waals surface area contributed by atoms with E-state index in [1.54, 1.807) is 29.5 Å². The number of benzene rings is 1. The number of nitro benzene ring substituents is 1. The van der Waals surface area contributed by atoms with Gasteiger partial charge in [0.1, 0.15) is 5.01 Å². The van der Waals surface area contributed by atoms with Gasteiger partial charge in [0.15, 0.2) is 5.96 Å². The largest absolute Gasteiger partial charge is 0.357 e. The van der Waals surface area contributed by atoms with Crippen LogP contribution in [0, 0.1) is 17.0 Å². The number of aliphatic imine (C=N–C) groups is 1. The van der Waals surface area contributed by atoms with Crippen LogP contribution in [-0.4, -0.2) is 22.4 Å². The Kier molecular flexibility index (Phi) is 6.04. The van der Waals surface area contributed by atoms with Gasteiger partial charge < -0.3 is 10.6 Å². The van der Waals surface area contributed by atoms with E-state index in [1.807, 2.05) is 20.0 Å². The molecule has 0 aliphatic carbocycles. The van der Waals surface area contributed by atoms with E-state index in [1.165, 1.54) is 6.07 Å². The normalized spacial score (nSPS) is 11.3. The predicted octanol–water partition coefficient (Wildman–Crippen LogP) is 2.62. The summed E-state index contributed by atoms with van der Waals surface area (Å²) in [6.07, 6.45) is 1.83. The van der Waals surface area contributed by atoms with Gasteiger partial charge in [-0.1, -0.05) is 18.2 Å². The van der Waals surface area contributed by atoms with Crippen LogP contribution in [0.4, 0.5) is 5.69 Å². The van der Waals surface area contributed by atoms with Gasteiger partial charge in [-0.15, -0.1) is 11.3 Å². The fourth-order valence-electron chi connectivity index (χ4n) is 1.97. The van der Waals surface area contributed by atoms with Crippen molar-refractivity contribution in [2.45, 2.75) is 26.9 Å². The van der Waals surface area contributed by atoms with Crippen LogP contribution in [0.25, 0.3) is 0 Å². The number of aromatic nitrogens is 1. The SMILES string of the molecule is CCNC(=NCc1ccccc1[N+](=O)[O-])NCc1ncc(C)s1. The molecule has 0 fully saturated rings. The topological polar surface area (TPSA) is 92.5 Å². The summed E-state index contributed by atoms with van der Waals surface area (Å²) in [5, 5.41) is 18.3. The maximum atomic E-state index is 11.0. The van der Waals surface area contributed by atoms with Crippen molar-refractivity contribution in [2.75, 3.05) is 6.54 Å². The number of hydrogen-bond acceptors (Lipinski definition) is 5. The second-order valence-electron chi connectivity index (χ2n) is 4.80. The molecule has 0 radical (unpaired) electrons. The molecule has 0 unspecified atom stereocenters. The molecule has 0 saturated heterocycles. The lowest BCUT2D eigenvalue weighted by molar-refractivity contribution is -0.385. The molecular formula is C15H19N5O2S. The molecule has 1 aromatic heterocycles. The first kappa shape index (κ1) is 16.9. The molecule has 122 valence electrons. The van der Waals surface area contributed by atoms with E-state index in [4.69, 9.17) is 0 Å². The summed E-state index contributed by atoms with van der Waals surface area (Å²) in [5.74, 6) is 0.610. The summed E-state index contributed by atoms with van der Waals surface area (Å²) in [6, 6.07) is 6.63. The van der Waals surface area contributed by atoms with Crippen LogP contribution in [0.3, 0.4) is 0 Å². The minimum atomic E-state index is -0.385. The smallest absolute Gasteiger partial charge is 0.274 e. The van der Waals surface area contributed by atoms with Crippen molar-refractivity contribution in [1.29, 1.82) is 0 Å². The highest BCUT2D eigenvalue weighted by molar-refractivity contribution is 7.11. The molecule has 8 heteroatoms. The fraction of sp³-hybridized carbons (Fsp3) is 0.333. The maximum Gasteiger partial charge on any atom is 0.274 e. The summed E-state index contributed by atoms with van der Waals surface area (Å²) in [5.41, 5.74) is 0.669. The third kappa shape index (κ3) is 5.03. The van der Waals surface area contributed by atoms with Crippen LogP contribution in [-0.2, 0) is 13.1 Å². The van der Waals surface area contributed by atoms with Crippen molar-refractivity contribution < 1.29 is 4.92 Å². The van der Waals surface area contributed by atoms with Crippen molar-refractivity contribution in [3.05, 3.63) is 56.0 Å². The third-order valence-corrected chi connectivity index (χ3v) is 3.93. The molecule has 0 bridgehead atoms. The molecule has 0 saturated carbocycles. The number of aryl methyl sites for hydroxylation is 1. The first-order valence-electron chi connectivity index (χ1n) is 7.26. The monoisotopic (exact) mass is 333 g/mol. The first-order chi connectivity index (χ1) is 11.1. The quantitative estimate of drug-likeness (QED) is 0.367. The van der Waals surface area contributed by atoms with Crippen molar-refractivity contribution in [3.63, 3.8) is 0 Å². The highest BCUT2D eigenvalue weighted by Crippen LogP contribution is 2.18. The van der Waals surface area contributed by atoms with E-state index in [0.29, 0.717) is 24.6 Å². The van der Waals surface area contributed by atoms with E-state index in [-0.39, 0.29) is 17.2 Å². The van der Waals surface area contributed by atoms with Crippen LogP contribution in [0.2, 0.25) is 0 Å². The molecule has 7 nitrogen and oxygen atoms in total. The highest BCUT2D eigenvalue weighted by Gasteiger charge is 2.11. The number of guanidine groups is 1. The number of nitro groups is 1. The number of hydrogen-bond donors (Lipinski definition) is 2. The van der Waals surface area contributed by atoms with Crippen molar-refractivity contribution in [1.82, 2.24) is 15.6 Å². The maximum absolute atomic E-state index is 11.0. The zero-order valence-electron chi connectivity index (χ0n) is 13.1. The number of thiazole rings is 1. The predicted molar refractivity (Wildman–Crippen MR) is 91.6 cm³/mol. The number of nitrogens with zero attached hydrogens (tertiary/aromatic N) is 3. The van der Waals surface area contributed by atoms with Crippen LogP contribution >= 0.6 is 11.3 Å². The Morgan fingerprint density at radius 2 is 2.17 bits per heavy atom. The molecule has 2 rings (SSSR count). The average molecular weight is 333 g/mol. The summed E-state index contributed by atoms with van der Waals surface area (Å²) in [7, 11) is 0. The lowest BCUT2D eigenvalue weighted by Gasteiger charge is -2.10. The molecule has 0 atom stereocenters. The van der Waals surface area contributed by atoms with Gasteiger partial charge in [-0.2, -0.15) is 0 Å². The highest BCUT2D eigenvalue weighted by atomic mass is 32.1. The standard InChI is InChI=1S/C15H19N5O2S/c1-3-16-15(19-10-14-17-8-11(2)23-14)18-9-12-6-4-5-7-13(12)20(21)22/h4-8H,3,9-10H2,1-2H3,(H2,16,18,19). The van der Waals surface area contributed by atoms with Crippen molar-refractivity contribution >= 4 is 23.0 Å². The Labute approximate surface area is 138 Å². The van der Waals surface area contributed by atoms with Crippen LogP contribution < -0.4 is 10.6 Å². The summed E-state index contributed by atoms with van der Waals surface area (Å²) < 4.78 is 0. The van der Waals surface area contributed by atoms with Gasteiger partial charge in [-0.05, 0) is 13.8 Å². The Balaban J connectivity index is 2.05. The van der Waals surface area contributed by atoms with E-state index in [0.717, 1.165) is 9.88 Å². The van der Waals surface area contributed by atoms with Crippen LogP contribution in [0.5, 0.6) is 0 Å². The Bertz CT molecular complexity index is 699. The molecule has 1 heterocycles. The van der Waals surface area contributed by atoms with Gasteiger partial charge >= 0.3 is 0 Å². The zero-order chi connectivity index (χ0) is 16.7. The average Bonchev–Trinajstić information content (AvgIpc) is 2.95. The minimum Gasteiger partial charge on any atom is -0.357 e. The van der Waals surface area contributed by atoms with Crippen LogP contribution in [0.15, 0.2) is 35.5 Å². The molecular weight excluding hydrogens is 314 g/mol. The molecule has 23 heavy (non-hydrogen) atoms. The number of para-hydroxylation sites is 1. The lowest BCUT2D eigenvalue weighted by Crippen LogP contribution is -2.36. The molecule has 2 aromatic rings. The molecule has 0 amide bonds. The van der Waals surface area contributed by atoms with E-state index < -0.39 is 0 Å². The molecule has 0 spiro atoms. The summed E-state index contributed by atoms with van der Waals surface area (Å²) >= 11 is 1.62.